The van der Waals surface area contributed by atoms with Gasteiger partial charge in [0.05, 0.1) is 36.0 Å². The molecule has 5 rings (SSSR count). The number of hydrogen-bond donors (Lipinski definition) is 0. The quantitative estimate of drug-likeness (QED) is 0.578. The average molecular weight is 440 g/mol. The highest BCUT2D eigenvalue weighted by Crippen LogP contribution is 2.33. The van der Waals surface area contributed by atoms with Gasteiger partial charge in [-0.05, 0) is 26.0 Å². The molecule has 0 atom stereocenters. The van der Waals surface area contributed by atoms with Gasteiger partial charge in [-0.3, -0.25) is 4.79 Å². The molecule has 1 amide bonds. The van der Waals surface area contributed by atoms with E-state index in [1.54, 1.807) is 0 Å². The van der Waals surface area contributed by atoms with Crippen molar-refractivity contribution in [3.8, 4) is 5.69 Å². The van der Waals surface area contributed by atoms with Crippen LogP contribution in [-0.2, 0) is 14.3 Å². The van der Waals surface area contributed by atoms with Gasteiger partial charge in [0, 0.05) is 31.3 Å². The maximum Gasteiger partial charge on any atom is 0.232 e. The Hall–Kier alpha value is -2.49. The Bertz CT molecular complexity index is 1100. The largest absolute Gasteiger partial charge is 0.347 e. The number of rotatable bonds is 4. The lowest BCUT2D eigenvalue weighted by Crippen LogP contribution is -2.47. The van der Waals surface area contributed by atoms with E-state index in [0.29, 0.717) is 37.1 Å². The van der Waals surface area contributed by atoms with Gasteiger partial charge in [-0.25, -0.2) is 4.68 Å². The summed E-state index contributed by atoms with van der Waals surface area (Å²) in [7, 11) is 0. The van der Waals surface area contributed by atoms with Crippen LogP contribution in [-0.4, -0.2) is 68.6 Å². The molecule has 4 heterocycles. The fraction of sp³-hybridized carbons (Fsp3) is 0.455. The van der Waals surface area contributed by atoms with Crippen LogP contribution >= 0.6 is 11.8 Å². The molecular formula is C22H25N5O3S. The zero-order valence-corrected chi connectivity index (χ0v) is 18.5. The van der Waals surface area contributed by atoms with E-state index in [1.165, 1.54) is 11.8 Å². The Labute approximate surface area is 184 Å². The molecule has 1 spiro atoms. The first-order valence-corrected chi connectivity index (χ1v) is 11.5. The summed E-state index contributed by atoms with van der Waals surface area (Å²) in [6.45, 7) is 6.55. The predicted octanol–water partition coefficient (Wildman–Crippen LogP) is 2.89. The summed E-state index contributed by atoms with van der Waals surface area (Å²) in [5.74, 6) is -0.0772. The van der Waals surface area contributed by atoms with E-state index in [4.69, 9.17) is 14.6 Å². The van der Waals surface area contributed by atoms with Crippen molar-refractivity contribution in [1.29, 1.82) is 0 Å². The minimum Gasteiger partial charge on any atom is -0.347 e. The van der Waals surface area contributed by atoms with Crippen molar-refractivity contribution in [2.45, 2.75) is 37.5 Å². The Morgan fingerprint density at radius 2 is 1.81 bits per heavy atom. The lowest BCUT2D eigenvalue weighted by molar-refractivity contribution is -0.186. The molecule has 8 nitrogen and oxygen atoms in total. The molecular weight excluding hydrogens is 414 g/mol. The summed E-state index contributed by atoms with van der Waals surface area (Å²) in [5, 5.41) is 15.2. The zero-order chi connectivity index (χ0) is 21.4. The molecule has 2 aliphatic rings. The van der Waals surface area contributed by atoms with Crippen LogP contribution in [0.2, 0.25) is 0 Å². The number of ether oxygens (including phenoxy) is 2. The minimum atomic E-state index is -0.472. The van der Waals surface area contributed by atoms with E-state index in [9.17, 15) is 4.79 Å². The molecule has 0 aliphatic carbocycles. The van der Waals surface area contributed by atoms with Crippen LogP contribution in [0.5, 0.6) is 0 Å². The van der Waals surface area contributed by atoms with Crippen LogP contribution in [0.15, 0.2) is 35.4 Å². The van der Waals surface area contributed by atoms with Crippen molar-refractivity contribution in [3.63, 3.8) is 0 Å². The second-order valence-corrected chi connectivity index (χ2v) is 8.89. The summed E-state index contributed by atoms with van der Waals surface area (Å²) >= 11 is 1.40. The van der Waals surface area contributed by atoms with Gasteiger partial charge in [-0.2, -0.15) is 10.2 Å². The van der Waals surface area contributed by atoms with E-state index in [-0.39, 0.29) is 5.91 Å². The molecule has 0 unspecified atom stereocenters. The monoisotopic (exact) mass is 439 g/mol. The average Bonchev–Trinajstić information content (AvgIpc) is 3.39. The van der Waals surface area contributed by atoms with Gasteiger partial charge in [-0.1, -0.05) is 30.0 Å². The third kappa shape index (κ3) is 3.81. The van der Waals surface area contributed by atoms with Crippen LogP contribution in [0.3, 0.4) is 0 Å². The number of benzene rings is 1. The second kappa shape index (κ2) is 8.22. The summed E-state index contributed by atoms with van der Waals surface area (Å²) in [6.07, 6.45) is 1.44. The van der Waals surface area contributed by atoms with Crippen LogP contribution < -0.4 is 0 Å². The number of carbonyl (C=O) groups is 1. The first-order chi connectivity index (χ1) is 15.1. The molecule has 9 heteroatoms. The molecule has 162 valence electrons. The zero-order valence-electron chi connectivity index (χ0n) is 17.7. The van der Waals surface area contributed by atoms with Gasteiger partial charge in [0.1, 0.15) is 10.5 Å². The van der Waals surface area contributed by atoms with Gasteiger partial charge in [0.15, 0.2) is 5.79 Å². The smallest absolute Gasteiger partial charge is 0.232 e. The highest BCUT2D eigenvalue weighted by molar-refractivity contribution is 8.00. The van der Waals surface area contributed by atoms with Gasteiger partial charge in [0.25, 0.3) is 0 Å². The first-order valence-electron chi connectivity index (χ1n) is 10.5. The maximum absolute atomic E-state index is 12.8. The summed E-state index contributed by atoms with van der Waals surface area (Å²) in [5.41, 5.74) is 3.63. The molecule has 2 fully saturated rings. The lowest BCUT2D eigenvalue weighted by atomic mass is 10.0. The topological polar surface area (TPSA) is 82.4 Å². The number of nitrogens with zero attached hydrogens (tertiary/aromatic N) is 5. The van der Waals surface area contributed by atoms with Crippen molar-refractivity contribution in [2.75, 3.05) is 32.1 Å². The Kier molecular flexibility index (Phi) is 5.41. The van der Waals surface area contributed by atoms with Crippen molar-refractivity contribution >= 4 is 28.6 Å². The predicted molar refractivity (Wildman–Crippen MR) is 117 cm³/mol. The Balaban J connectivity index is 1.33. The van der Waals surface area contributed by atoms with Crippen molar-refractivity contribution in [3.05, 3.63) is 41.7 Å². The van der Waals surface area contributed by atoms with Gasteiger partial charge < -0.3 is 14.4 Å². The number of carbonyl (C=O) groups excluding carboxylic acids is 1. The number of aromatic nitrogens is 4. The normalized spacial score (nSPS) is 18.2. The van der Waals surface area contributed by atoms with E-state index in [2.05, 4.69) is 10.2 Å². The molecule has 0 radical (unpaired) electrons. The molecule has 2 aliphatic heterocycles. The molecule has 1 aromatic carbocycles. The number of fused-ring (bicyclic) bond motifs is 1. The number of aryl methyl sites for hydroxylation is 2. The summed E-state index contributed by atoms with van der Waals surface area (Å²) < 4.78 is 13.4. The summed E-state index contributed by atoms with van der Waals surface area (Å²) in [4.78, 5) is 14.7. The Morgan fingerprint density at radius 3 is 2.52 bits per heavy atom. The van der Waals surface area contributed by atoms with Crippen LogP contribution in [0.4, 0.5) is 0 Å². The Morgan fingerprint density at radius 1 is 1.10 bits per heavy atom. The van der Waals surface area contributed by atoms with E-state index >= 15 is 0 Å². The number of thioether (sulfide) groups is 1. The first kappa shape index (κ1) is 20.4. The van der Waals surface area contributed by atoms with Gasteiger partial charge in [0.2, 0.25) is 5.91 Å². The molecule has 2 aromatic heterocycles. The molecule has 0 saturated carbocycles. The number of likely N-dealkylation sites (tertiary alicyclic amines) is 1. The van der Waals surface area contributed by atoms with Crippen molar-refractivity contribution in [1.82, 2.24) is 24.9 Å². The molecule has 0 bridgehead atoms. The van der Waals surface area contributed by atoms with Crippen LogP contribution in [0.1, 0.15) is 24.2 Å². The maximum atomic E-state index is 12.8. The lowest BCUT2D eigenvalue weighted by Gasteiger charge is -2.37. The highest BCUT2D eigenvalue weighted by atomic mass is 32.2. The number of amides is 1. The third-order valence-corrected chi connectivity index (χ3v) is 6.94. The number of hydrogen-bond acceptors (Lipinski definition) is 7. The third-order valence-electron chi connectivity index (χ3n) is 6.00. The standard InChI is InChI=1S/C22H25N5O3S/c1-15-19-16(2)27(17-6-4-3-5-7-17)25-20(19)21(24-23-15)31-14-18(28)26-10-8-22(9-11-26)29-12-13-30-22/h3-7H,8-14H2,1-2H3. The van der Waals surface area contributed by atoms with Gasteiger partial charge in [-0.15, -0.1) is 5.10 Å². The van der Waals surface area contributed by atoms with Crippen molar-refractivity contribution < 1.29 is 14.3 Å². The molecule has 3 aromatic rings. The van der Waals surface area contributed by atoms with Crippen LogP contribution in [0, 0.1) is 13.8 Å². The molecule has 0 N–H and O–H groups in total. The molecule has 2 saturated heterocycles. The second-order valence-electron chi connectivity index (χ2n) is 7.92. The fourth-order valence-corrected chi connectivity index (χ4v) is 5.15. The van der Waals surface area contributed by atoms with Crippen molar-refractivity contribution in [2.24, 2.45) is 0 Å². The van der Waals surface area contributed by atoms with Crippen LogP contribution in [0.25, 0.3) is 16.6 Å². The minimum absolute atomic E-state index is 0.0904. The number of para-hydroxylation sites is 1. The summed E-state index contributed by atoms with van der Waals surface area (Å²) in [6, 6.07) is 10.0. The van der Waals surface area contributed by atoms with Gasteiger partial charge >= 0.3 is 0 Å². The van der Waals surface area contributed by atoms with E-state index < -0.39 is 5.79 Å². The van der Waals surface area contributed by atoms with E-state index in [1.807, 2.05) is 53.8 Å². The SMILES string of the molecule is Cc1nnc(SCC(=O)N2CCC3(CC2)OCCO3)c2nn(-c3ccccc3)c(C)c12. The highest BCUT2D eigenvalue weighted by Gasteiger charge is 2.40. The molecule has 31 heavy (non-hydrogen) atoms. The fourth-order valence-electron chi connectivity index (χ4n) is 4.32. The van der Waals surface area contributed by atoms with E-state index in [0.717, 1.165) is 40.8 Å². The number of piperidine rings is 1.